The zero-order valence-electron chi connectivity index (χ0n) is 8.67. The first-order valence-electron chi connectivity index (χ1n) is 4.76. The third-order valence-electron chi connectivity index (χ3n) is 2.65. The van der Waals surface area contributed by atoms with E-state index in [1.54, 1.807) is 13.1 Å². The Morgan fingerprint density at radius 2 is 2.31 bits per heavy atom. The summed E-state index contributed by atoms with van der Waals surface area (Å²) in [7, 11) is 1.57. The Bertz CT molecular complexity index is 408. The van der Waals surface area contributed by atoms with Gasteiger partial charge in [-0.1, -0.05) is 11.6 Å². The number of amides is 1. The largest absolute Gasteiger partial charge is 0.465 e. The summed E-state index contributed by atoms with van der Waals surface area (Å²) in [5.74, 6) is 0.732. The van der Waals surface area contributed by atoms with Crippen LogP contribution < -0.4 is 4.90 Å². The predicted octanol–water partition coefficient (Wildman–Crippen LogP) is 0.928. The van der Waals surface area contributed by atoms with Crippen molar-refractivity contribution in [1.82, 2.24) is 14.9 Å². The fourth-order valence-electron chi connectivity index (χ4n) is 1.54. The third kappa shape index (κ3) is 2.01. The summed E-state index contributed by atoms with van der Waals surface area (Å²) < 4.78 is 0. The Morgan fingerprint density at radius 1 is 1.62 bits per heavy atom. The smallest absolute Gasteiger partial charge is 0.407 e. The molecule has 0 radical (unpaired) electrons. The third-order valence-corrected chi connectivity index (χ3v) is 2.86. The summed E-state index contributed by atoms with van der Waals surface area (Å²) in [5.41, 5.74) is 0. The molecule has 1 aliphatic rings. The average molecular weight is 243 g/mol. The lowest BCUT2D eigenvalue weighted by Crippen LogP contribution is -2.59. The molecule has 1 amide bonds. The molecule has 0 aliphatic carbocycles. The molecule has 0 aromatic carbocycles. The van der Waals surface area contributed by atoms with Crippen molar-refractivity contribution in [2.75, 3.05) is 25.0 Å². The number of halogens is 1. The van der Waals surface area contributed by atoms with E-state index in [4.69, 9.17) is 16.7 Å². The molecule has 1 aromatic heterocycles. The van der Waals surface area contributed by atoms with E-state index in [1.807, 2.05) is 4.90 Å². The number of hydrogen-bond donors (Lipinski definition) is 1. The summed E-state index contributed by atoms with van der Waals surface area (Å²) in [5, 5.41) is 9.17. The fourth-order valence-corrected chi connectivity index (χ4v) is 1.68. The molecule has 0 saturated carbocycles. The van der Waals surface area contributed by atoms with Crippen molar-refractivity contribution < 1.29 is 9.90 Å². The van der Waals surface area contributed by atoms with Crippen molar-refractivity contribution in [1.29, 1.82) is 0 Å². The van der Waals surface area contributed by atoms with Gasteiger partial charge in [0.15, 0.2) is 0 Å². The second kappa shape index (κ2) is 4.13. The number of likely N-dealkylation sites (N-methyl/N-ethyl adjacent to an activating group) is 1. The molecule has 1 N–H and O–H groups in total. The van der Waals surface area contributed by atoms with Crippen LogP contribution >= 0.6 is 11.6 Å². The Kier molecular flexibility index (Phi) is 2.82. The number of carboxylic acid groups (broad SMARTS) is 1. The maximum absolute atomic E-state index is 10.7. The lowest BCUT2D eigenvalue weighted by Gasteiger charge is -2.43. The number of carbonyl (C=O) groups is 1. The lowest BCUT2D eigenvalue weighted by atomic mass is 10.1. The molecule has 0 spiro atoms. The quantitative estimate of drug-likeness (QED) is 0.782. The van der Waals surface area contributed by atoms with Crippen molar-refractivity contribution in [2.24, 2.45) is 0 Å². The first-order chi connectivity index (χ1) is 7.58. The van der Waals surface area contributed by atoms with E-state index in [0.717, 1.165) is 5.82 Å². The molecule has 1 saturated heterocycles. The van der Waals surface area contributed by atoms with Gasteiger partial charge in [-0.2, -0.15) is 0 Å². The Hall–Kier alpha value is -1.56. The number of nitrogens with zero attached hydrogens (tertiary/aromatic N) is 4. The minimum absolute atomic E-state index is 0.0197. The molecule has 6 nitrogen and oxygen atoms in total. The molecule has 0 bridgehead atoms. The molecule has 1 fully saturated rings. The van der Waals surface area contributed by atoms with Gasteiger partial charge < -0.3 is 14.9 Å². The van der Waals surface area contributed by atoms with E-state index in [9.17, 15) is 4.79 Å². The first kappa shape index (κ1) is 10.9. The molecule has 0 unspecified atom stereocenters. The summed E-state index contributed by atoms with van der Waals surface area (Å²) >= 11 is 5.74. The van der Waals surface area contributed by atoms with E-state index in [0.29, 0.717) is 18.2 Å². The van der Waals surface area contributed by atoms with Crippen molar-refractivity contribution in [2.45, 2.75) is 6.04 Å². The highest BCUT2D eigenvalue weighted by molar-refractivity contribution is 6.29. The molecule has 1 aromatic rings. The van der Waals surface area contributed by atoms with Crippen molar-refractivity contribution in [3.8, 4) is 0 Å². The molecule has 7 heteroatoms. The second-order valence-electron chi connectivity index (χ2n) is 3.65. The van der Waals surface area contributed by atoms with Gasteiger partial charge >= 0.3 is 6.09 Å². The van der Waals surface area contributed by atoms with E-state index in [2.05, 4.69) is 9.97 Å². The second-order valence-corrected chi connectivity index (χ2v) is 4.04. The zero-order chi connectivity index (χ0) is 11.7. The van der Waals surface area contributed by atoms with E-state index >= 15 is 0 Å². The molecular formula is C9H11ClN4O2. The molecule has 16 heavy (non-hydrogen) atoms. The van der Waals surface area contributed by atoms with Crippen molar-refractivity contribution in [3.63, 3.8) is 0 Å². The standard InChI is InChI=1S/C9H11ClN4O2/c1-13(9(15)16)6-3-14(4-6)8-2-7(10)11-5-12-8/h2,5-6H,3-4H2,1H3,(H,15,16). The first-order valence-corrected chi connectivity index (χ1v) is 5.14. The highest BCUT2D eigenvalue weighted by Crippen LogP contribution is 2.22. The van der Waals surface area contributed by atoms with Crippen molar-refractivity contribution in [3.05, 3.63) is 17.5 Å². The Labute approximate surface area is 97.5 Å². The number of hydrogen-bond acceptors (Lipinski definition) is 4. The van der Waals surface area contributed by atoms with Gasteiger partial charge in [0.05, 0.1) is 6.04 Å². The van der Waals surface area contributed by atoms with Gasteiger partial charge in [-0.05, 0) is 0 Å². The molecule has 86 valence electrons. The molecule has 2 heterocycles. The number of anilines is 1. The molecule has 0 atom stereocenters. The van der Waals surface area contributed by atoms with E-state index < -0.39 is 6.09 Å². The van der Waals surface area contributed by atoms with Gasteiger partial charge in [0.1, 0.15) is 17.3 Å². The van der Waals surface area contributed by atoms with Gasteiger partial charge in [-0.15, -0.1) is 0 Å². The summed E-state index contributed by atoms with van der Waals surface area (Å²) in [4.78, 5) is 21.8. The summed E-state index contributed by atoms with van der Waals surface area (Å²) in [6.07, 6.45) is 0.483. The van der Waals surface area contributed by atoms with Crippen LogP contribution in [0.4, 0.5) is 10.6 Å². The minimum Gasteiger partial charge on any atom is -0.465 e. The molecule has 2 rings (SSSR count). The van der Waals surface area contributed by atoms with Gasteiger partial charge in [0, 0.05) is 26.2 Å². The minimum atomic E-state index is -0.912. The van der Waals surface area contributed by atoms with Gasteiger partial charge in [0.2, 0.25) is 0 Å². The lowest BCUT2D eigenvalue weighted by molar-refractivity contribution is 0.129. The molecular weight excluding hydrogens is 232 g/mol. The summed E-state index contributed by atoms with van der Waals surface area (Å²) in [6.45, 7) is 1.27. The summed E-state index contributed by atoms with van der Waals surface area (Å²) in [6, 6.07) is 1.68. The van der Waals surface area contributed by atoms with Crippen molar-refractivity contribution >= 4 is 23.5 Å². The van der Waals surface area contributed by atoms with Crippen LogP contribution in [0, 0.1) is 0 Å². The van der Waals surface area contributed by atoms with Crippen LogP contribution in [0.5, 0.6) is 0 Å². The normalized spacial score (nSPS) is 15.8. The van der Waals surface area contributed by atoms with E-state index in [-0.39, 0.29) is 6.04 Å². The van der Waals surface area contributed by atoms with Crippen LogP contribution in [0.15, 0.2) is 12.4 Å². The zero-order valence-corrected chi connectivity index (χ0v) is 9.42. The van der Waals surface area contributed by atoms with Crippen LogP contribution in [0.3, 0.4) is 0 Å². The van der Waals surface area contributed by atoms with Gasteiger partial charge in [-0.3, -0.25) is 0 Å². The Morgan fingerprint density at radius 3 is 2.88 bits per heavy atom. The van der Waals surface area contributed by atoms with Crippen LogP contribution in [0.2, 0.25) is 5.15 Å². The molecule has 1 aliphatic heterocycles. The van der Waals surface area contributed by atoms with Gasteiger partial charge in [0.25, 0.3) is 0 Å². The van der Waals surface area contributed by atoms with Crippen LogP contribution in [-0.4, -0.2) is 52.2 Å². The topological polar surface area (TPSA) is 69.6 Å². The number of aromatic nitrogens is 2. The maximum atomic E-state index is 10.7. The SMILES string of the molecule is CN(C(=O)O)C1CN(c2cc(Cl)ncn2)C1. The maximum Gasteiger partial charge on any atom is 0.407 e. The number of rotatable bonds is 2. The highest BCUT2D eigenvalue weighted by Gasteiger charge is 2.33. The monoisotopic (exact) mass is 242 g/mol. The van der Waals surface area contributed by atoms with E-state index in [1.165, 1.54) is 11.2 Å². The van der Waals surface area contributed by atoms with Crippen LogP contribution in [0.25, 0.3) is 0 Å². The van der Waals surface area contributed by atoms with Crippen LogP contribution in [-0.2, 0) is 0 Å². The van der Waals surface area contributed by atoms with Gasteiger partial charge in [-0.25, -0.2) is 14.8 Å². The Balaban J connectivity index is 1.96. The predicted molar refractivity (Wildman–Crippen MR) is 58.8 cm³/mol. The fraction of sp³-hybridized carbons (Fsp3) is 0.444. The highest BCUT2D eigenvalue weighted by atomic mass is 35.5. The van der Waals surface area contributed by atoms with Crippen LogP contribution in [0.1, 0.15) is 0 Å². The average Bonchev–Trinajstić information content (AvgIpc) is 2.15.